The van der Waals surface area contributed by atoms with Crippen molar-refractivity contribution < 1.29 is 21.9 Å². The number of para-hydroxylation sites is 1. The average Bonchev–Trinajstić information content (AvgIpc) is 3.43. The number of ether oxygens (including phenoxy) is 1. The van der Waals surface area contributed by atoms with Crippen LogP contribution in [0.1, 0.15) is 16.1 Å². The molecule has 0 bridgehead atoms. The monoisotopic (exact) mass is 653 g/mol. The lowest BCUT2D eigenvalue weighted by Gasteiger charge is -2.35. The van der Waals surface area contributed by atoms with Gasteiger partial charge in [0, 0.05) is 44.5 Å². The molecule has 5 aromatic rings. The number of benzene rings is 3. The second-order valence-corrected chi connectivity index (χ2v) is 13.3. The zero-order chi connectivity index (χ0) is 31.7. The van der Waals surface area contributed by atoms with Crippen LogP contribution in [0.4, 0.5) is 20.2 Å². The minimum absolute atomic E-state index is 0.0357. The number of nitrogens with zero attached hydrogens (tertiary/aromatic N) is 5. The lowest BCUT2D eigenvalue weighted by atomic mass is 10.1. The van der Waals surface area contributed by atoms with Gasteiger partial charge in [0.1, 0.15) is 28.9 Å². The molecule has 3 aromatic carbocycles. The number of fused-ring (bicyclic) bond motifs is 1. The van der Waals surface area contributed by atoms with Crippen LogP contribution in [-0.4, -0.2) is 53.7 Å². The van der Waals surface area contributed by atoms with E-state index in [1.165, 1.54) is 21.8 Å². The van der Waals surface area contributed by atoms with Gasteiger partial charge in [0.15, 0.2) is 0 Å². The van der Waals surface area contributed by atoms with Crippen molar-refractivity contribution in [3.05, 3.63) is 105 Å². The highest BCUT2D eigenvalue weighted by molar-refractivity contribution is 7.87. The van der Waals surface area contributed by atoms with Crippen molar-refractivity contribution in [2.45, 2.75) is 20.1 Å². The lowest BCUT2D eigenvalue weighted by Crippen LogP contribution is -2.52. The van der Waals surface area contributed by atoms with Crippen molar-refractivity contribution in [3.63, 3.8) is 0 Å². The number of nitrogens with one attached hydrogen (secondary N) is 1. The largest absolute Gasteiger partial charge is 0.479 e. The van der Waals surface area contributed by atoms with E-state index in [-0.39, 0.29) is 50.8 Å². The molecular weight excluding hydrogens is 625 g/mol. The highest BCUT2D eigenvalue weighted by atomic mass is 32.2. The minimum Gasteiger partial charge on any atom is -0.479 e. The van der Waals surface area contributed by atoms with Gasteiger partial charge in [-0.15, -0.1) is 11.3 Å². The fraction of sp³-hybridized carbons (Fsp3) is 0.233. The third kappa shape index (κ3) is 6.66. The first-order valence-electron chi connectivity index (χ1n) is 14.0. The summed E-state index contributed by atoms with van der Waals surface area (Å²) in [7, 11) is -3.80. The Kier molecular flexibility index (Phi) is 8.50. The zero-order valence-corrected chi connectivity index (χ0v) is 25.7. The lowest BCUT2D eigenvalue weighted by molar-refractivity contribution is 0.297. The first kappa shape index (κ1) is 30.6. The summed E-state index contributed by atoms with van der Waals surface area (Å²) < 4.78 is 66.0. The van der Waals surface area contributed by atoms with E-state index in [4.69, 9.17) is 10.5 Å². The standard InChI is InChI=1S/C30H29F2N7O4S2/c1-19-12-20(6-7-24(19)33)16-35-45(41,42)38-10-8-37(9-11-38)26-17-34-39(23-14-21(31)13-22(32)15-23)30(40)29(26)43-18-28-36-25-4-2-3-5-27(25)44-28/h2-7,12-15,17,35H,8-11,16,18,33H2,1H3. The summed E-state index contributed by atoms with van der Waals surface area (Å²) in [6.07, 6.45) is 1.38. The second-order valence-electron chi connectivity index (χ2n) is 10.5. The van der Waals surface area contributed by atoms with Crippen LogP contribution >= 0.6 is 11.3 Å². The highest BCUT2D eigenvalue weighted by Gasteiger charge is 2.29. The zero-order valence-electron chi connectivity index (χ0n) is 24.1. The molecule has 1 aliphatic heterocycles. The van der Waals surface area contributed by atoms with Crippen molar-refractivity contribution in [2.24, 2.45) is 0 Å². The molecule has 1 aliphatic rings. The maximum atomic E-state index is 14.0. The SMILES string of the molecule is Cc1cc(CNS(=O)(=O)N2CCN(c3cnn(-c4cc(F)cc(F)c4)c(=O)c3OCc3nc4ccccc4s3)CC2)ccc1N. The van der Waals surface area contributed by atoms with E-state index in [2.05, 4.69) is 14.8 Å². The average molecular weight is 654 g/mol. The molecule has 11 nitrogen and oxygen atoms in total. The Morgan fingerprint density at radius 1 is 1.02 bits per heavy atom. The molecule has 0 saturated carbocycles. The van der Waals surface area contributed by atoms with Gasteiger partial charge < -0.3 is 15.4 Å². The third-order valence-corrected chi connectivity index (χ3v) is 9.96. The molecule has 3 N–H and O–H groups in total. The molecule has 15 heteroatoms. The maximum Gasteiger partial charge on any atom is 0.316 e. The summed E-state index contributed by atoms with van der Waals surface area (Å²) in [5, 5.41) is 4.81. The normalized spacial score (nSPS) is 14.2. The van der Waals surface area contributed by atoms with Gasteiger partial charge in [-0.3, -0.25) is 4.79 Å². The van der Waals surface area contributed by atoms with Gasteiger partial charge in [-0.25, -0.2) is 13.8 Å². The second kappa shape index (κ2) is 12.5. The Morgan fingerprint density at radius 2 is 1.76 bits per heavy atom. The van der Waals surface area contributed by atoms with Gasteiger partial charge in [0.05, 0.1) is 22.1 Å². The Bertz CT molecular complexity index is 1990. The third-order valence-electron chi connectivity index (χ3n) is 7.40. The quantitative estimate of drug-likeness (QED) is 0.230. The van der Waals surface area contributed by atoms with Gasteiger partial charge in [0.2, 0.25) is 5.75 Å². The van der Waals surface area contributed by atoms with Crippen molar-refractivity contribution in [1.29, 1.82) is 0 Å². The fourth-order valence-corrected chi connectivity index (χ4v) is 7.09. The Labute approximate surface area is 261 Å². The molecule has 0 radical (unpaired) electrons. The van der Waals surface area contributed by atoms with Crippen molar-refractivity contribution in [2.75, 3.05) is 36.8 Å². The molecule has 0 spiro atoms. The molecule has 3 heterocycles. The predicted octanol–water partition coefficient (Wildman–Crippen LogP) is 3.75. The van der Waals surface area contributed by atoms with E-state index in [0.717, 1.165) is 38.2 Å². The van der Waals surface area contributed by atoms with E-state index < -0.39 is 27.4 Å². The minimum atomic E-state index is -3.80. The summed E-state index contributed by atoms with van der Waals surface area (Å²) in [5.74, 6) is -1.82. The van der Waals surface area contributed by atoms with Crippen LogP contribution in [-0.2, 0) is 23.4 Å². The number of halogens is 2. The molecular formula is C30H29F2N7O4S2. The highest BCUT2D eigenvalue weighted by Crippen LogP contribution is 2.29. The van der Waals surface area contributed by atoms with Crippen LogP contribution in [0.25, 0.3) is 15.9 Å². The number of rotatable bonds is 9. The molecule has 234 valence electrons. The number of piperazine rings is 1. The van der Waals surface area contributed by atoms with Crippen LogP contribution in [0.15, 0.2) is 71.7 Å². The van der Waals surface area contributed by atoms with Crippen LogP contribution < -0.4 is 25.7 Å². The number of hydrogen-bond acceptors (Lipinski definition) is 9. The number of nitrogen functional groups attached to an aromatic ring is 1. The molecule has 45 heavy (non-hydrogen) atoms. The topological polar surface area (TPSA) is 136 Å². The molecule has 0 atom stereocenters. The van der Waals surface area contributed by atoms with Gasteiger partial charge in [-0.05, 0) is 48.4 Å². The van der Waals surface area contributed by atoms with Crippen LogP contribution in [0.2, 0.25) is 0 Å². The van der Waals surface area contributed by atoms with Gasteiger partial charge in [-0.2, -0.15) is 27.2 Å². The molecule has 2 aromatic heterocycles. The van der Waals surface area contributed by atoms with Crippen LogP contribution in [0.3, 0.4) is 0 Å². The number of anilines is 2. The first-order valence-corrected chi connectivity index (χ1v) is 16.2. The van der Waals surface area contributed by atoms with Gasteiger partial charge in [0.25, 0.3) is 10.2 Å². The number of aromatic nitrogens is 3. The van der Waals surface area contributed by atoms with Crippen molar-refractivity contribution in [3.8, 4) is 11.4 Å². The van der Waals surface area contributed by atoms with E-state index in [1.54, 1.807) is 17.0 Å². The summed E-state index contributed by atoms with van der Waals surface area (Å²) in [4.78, 5) is 20.1. The van der Waals surface area contributed by atoms with E-state index in [1.807, 2.05) is 37.3 Å². The molecule has 0 unspecified atom stereocenters. The maximum absolute atomic E-state index is 14.0. The van der Waals surface area contributed by atoms with E-state index in [0.29, 0.717) is 22.4 Å². The summed E-state index contributed by atoms with van der Waals surface area (Å²) in [6.45, 7) is 2.66. The number of thiazole rings is 1. The van der Waals surface area contributed by atoms with Crippen LogP contribution in [0.5, 0.6) is 5.75 Å². The Hall–Kier alpha value is -4.44. The van der Waals surface area contributed by atoms with E-state index in [9.17, 15) is 22.0 Å². The number of hydrogen-bond donors (Lipinski definition) is 2. The van der Waals surface area contributed by atoms with E-state index >= 15 is 0 Å². The summed E-state index contributed by atoms with van der Waals surface area (Å²) in [5.41, 5.74) is 8.43. The number of nitrogens with two attached hydrogens (primary N) is 1. The summed E-state index contributed by atoms with van der Waals surface area (Å²) >= 11 is 1.42. The van der Waals surface area contributed by atoms with Crippen LogP contribution in [0, 0.1) is 18.6 Å². The van der Waals surface area contributed by atoms with Gasteiger partial charge >= 0.3 is 5.56 Å². The molecule has 0 aliphatic carbocycles. The van der Waals surface area contributed by atoms with Crippen molar-refractivity contribution >= 4 is 43.1 Å². The smallest absolute Gasteiger partial charge is 0.316 e. The predicted molar refractivity (Wildman–Crippen MR) is 169 cm³/mol. The molecule has 6 rings (SSSR count). The molecule has 1 saturated heterocycles. The molecule has 0 amide bonds. The van der Waals surface area contributed by atoms with Gasteiger partial charge in [-0.1, -0.05) is 24.3 Å². The number of aryl methyl sites for hydroxylation is 1. The molecule has 1 fully saturated rings. The Balaban J connectivity index is 1.23. The fourth-order valence-electron chi connectivity index (χ4n) is 5.03. The Morgan fingerprint density at radius 3 is 2.47 bits per heavy atom. The first-order chi connectivity index (χ1) is 21.6. The summed E-state index contributed by atoms with van der Waals surface area (Å²) in [6, 6.07) is 15.6. The van der Waals surface area contributed by atoms with Crippen molar-refractivity contribution in [1.82, 2.24) is 23.8 Å².